The van der Waals surface area contributed by atoms with Gasteiger partial charge in [0.15, 0.2) is 5.54 Å². The molecule has 6 nitrogen and oxygen atoms in total. The van der Waals surface area contributed by atoms with Gasteiger partial charge in [-0.25, -0.2) is 4.79 Å². The number of hydrogen-bond donors (Lipinski definition) is 3. The molecule has 2 unspecified atom stereocenters. The molecule has 0 aromatic heterocycles. The molecule has 0 aromatic rings. The van der Waals surface area contributed by atoms with E-state index in [0.717, 1.165) is 6.54 Å². The fourth-order valence-electron chi connectivity index (χ4n) is 1.90. The zero-order valence-electron chi connectivity index (χ0n) is 10.3. The number of carboxylic acids is 1. The smallest absolute Gasteiger partial charge is 0.331 e. The summed E-state index contributed by atoms with van der Waals surface area (Å²) in [6.07, 6.45) is 0.590. The quantitative estimate of drug-likeness (QED) is 0.599. The monoisotopic (exact) mass is 244 g/mol. The molecular formula is C11H20N2O4. The number of aliphatic carboxylic acids is 1. The van der Waals surface area contributed by atoms with Gasteiger partial charge in [-0.05, 0) is 13.5 Å². The topological polar surface area (TPSA) is 87.7 Å². The largest absolute Gasteiger partial charge is 0.479 e. The molecular weight excluding hydrogens is 224 g/mol. The third-order valence-electron chi connectivity index (χ3n) is 2.85. The zero-order valence-corrected chi connectivity index (χ0v) is 10.3. The van der Waals surface area contributed by atoms with Gasteiger partial charge in [0.1, 0.15) is 0 Å². The van der Waals surface area contributed by atoms with Crippen molar-refractivity contribution >= 4 is 11.9 Å². The number of amides is 1. The van der Waals surface area contributed by atoms with E-state index in [1.54, 1.807) is 0 Å². The predicted octanol–water partition coefficient (Wildman–Crippen LogP) is -0.266. The van der Waals surface area contributed by atoms with Crippen LogP contribution >= 0.6 is 0 Å². The van der Waals surface area contributed by atoms with E-state index >= 15 is 0 Å². The van der Waals surface area contributed by atoms with Gasteiger partial charge in [0.05, 0.1) is 6.61 Å². The first kappa shape index (κ1) is 13.9. The minimum atomic E-state index is -1.23. The number of rotatable bonds is 6. The van der Waals surface area contributed by atoms with Crippen LogP contribution in [0.2, 0.25) is 0 Å². The summed E-state index contributed by atoms with van der Waals surface area (Å²) < 4.78 is 5.06. The van der Waals surface area contributed by atoms with E-state index in [1.807, 2.05) is 13.8 Å². The van der Waals surface area contributed by atoms with E-state index in [9.17, 15) is 9.59 Å². The highest BCUT2D eigenvalue weighted by atomic mass is 16.5. The van der Waals surface area contributed by atoms with Crippen molar-refractivity contribution in [3.8, 4) is 0 Å². The van der Waals surface area contributed by atoms with Crippen molar-refractivity contribution in [2.24, 2.45) is 0 Å². The molecule has 0 saturated carbocycles. The molecule has 1 heterocycles. The summed E-state index contributed by atoms with van der Waals surface area (Å²) in [7, 11) is 0. The Bertz CT molecular complexity index is 287. The van der Waals surface area contributed by atoms with Gasteiger partial charge < -0.3 is 20.5 Å². The third kappa shape index (κ3) is 3.67. The normalized spacial score (nSPS) is 25.5. The Morgan fingerprint density at radius 3 is 2.71 bits per heavy atom. The molecule has 1 fully saturated rings. The van der Waals surface area contributed by atoms with Gasteiger partial charge in [-0.2, -0.15) is 0 Å². The Kier molecular flexibility index (Phi) is 4.89. The number of ether oxygens (including phenoxy) is 1. The average Bonchev–Trinajstić information content (AvgIpc) is 2.67. The Hall–Kier alpha value is -1.14. The first-order valence-corrected chi connectivity index (χ1v) is 5.85. The number of nitrogens with one attached hydrogen (secondary N) is 2. The summed E-state index contributed by atoms with van der Waals surface area (Å²) in [5.41, 5.74) is -1.23. The second kappa shape index (κ2) is 5.97. The lowest BCUT2D eigenvalue weighted by Crippen LogP contribution is -2.55. The fraction of sp³-hybridized carbons (Fsp3) is 0.818. The Morgan fingerprint density at radius 2 is 2.24 bits per heavy atom. The molecule has 0 aliphatic carbocycles. The van der Waals surface area contributed by atoms with Crippen LogP contribution in [0.25, 0.3) is 0 Å². The molecule has 3 N–H and O–H groups in total. The highest BCUT2D eigenvalue weighted by Crippen LogP contribution is 2.19. The summed E-state index contributed by atoms with van der Waals surface area (Å²) in [5.74, 6) is -1.29. The maximum atomic E-state index is 11.7. The molecule has 0 spiro atoms. The molecule has 0 bridgehead atoms. The standard InChI is InChI=1S/C11H20N2O4/c1-3-12-8(2)6-9(14)13-11(10(15)16)4-5-17-7-11/h8,12H,3-7H2,1-2H3,(H,13,14)(H,15,16). The number of hydrogen-bond acceptors (Lipinski definition) is 4. The van der Waals surface area contributed by atoms with Crippen molar-refractivity contribution < 1.29 is 19.4 Å². The Balaban J connectivity index is 2.51. The van der Waals surface area contributed by atoms with Gasteiger partial charge in [0.2, 0.25) is 5.91 Å². The van der Waals surface area contributed by atoms with Crippen molar-refractivity contribution in [1.82, 2.24) is 10.6 Å². The second-order valence-corrected chi connectivity index (χ2v) is 4.40. The Labute approximate surface area is 101 Å². The lowest BCUT2D eigenvalue weighted by molar-refractivity contribution is -0.147. The van der Waals surface area contributed by atoms with E-state index in [2.05, 4.69) is 10.6 Å². The van der Waals surface area contributed by atoms with E-state index in [-0.39, 0.29) is 25.0 Å². The summed E-state index contributed by atoms with van der Waals surface area (Å²) in [4.78, 5) is 22.9. The highest BCUT2D eigenvalue weighted by molar-refractivity contribution is 5.87. The first-order chi connectivity index (χ1) is 8.00. The van der Waals surface area contributed by atoms with Crippen LogP contribution in [0, 0.1) is 0 Å². The van der Waals surface area contributed by atoms with Crippen LogP contribution in [-0.2, 0) is 14.3 Å². The van der Waals surface area contributed by atoms with Crippen molar-refractivity contribution in [1.29, 1.82) is 0 Å². The summed E-state index contributed by atoms with van der Waals surface area (Å²) >= 11 is 0. The minimum absolute atomic E-state index is 0.0353. The van der Waals surface area contributed by atoms with E-state index < -0.39 is 11.5 Å². The van der Waals surface area contributed by atoms with E-state index in [4.69, 9.17) is 9.84 Å². The van der Waals surface area contributed by atoms with Gasteiger partial charge in [0.25, 0.3) is 0 Å². The van der Waals surface area contributed by atoms with Crippen LogP contribution in [-0.4, -0.2) is 48.3 Å². The zero-order chi connectivity index (χ0) is 12.9. The molecule has 0 radical (unpaired) electrons. The average molecular weight is 244 g/mol. The SMILES string of the molecule is CCNC(C)CC(=O)NC1(C(=O)O)CCOC1. The number of carbonyl (C=O) groups is 2. The maximum Gasteiger partial charge on any atom is 0.331 e. The summed E-state index contributed by atoms with van der Waals surface area (Å²) in [6.45, 7) is 5.04. The van der Waals surface area contributed by atoms with Gasteiger partial charge in [-0.1, -0.05) is 6.92 Å². The summed E-state index contributed by atoms with van der Waals surface area (Å²) in [6, 6.07) is 0.0353. The van der Waals surface area contributed by atoms with Gasteiger partial charge in [0, 0.05) is 25.5 Å². The van der Waals surface area contributed by atoms with Crippen molar-refractivity contribution in [2.45, 2.75) is 38.3 Å². The van der Waals surface area contributed by atoms with Gasteiger partial charge in [-0.15, -0.1) is 0 Å². The summed E-state index contributed by atoms with van der Waals surface area (Å²) in [5, 5.41) is 14.8. The first-order valence-electron chi connectivity index (χ1n) is 5.85. The van der Waals surface area contributed by atoms with E-state index in [1.165, 1.54) is 0 Å². The molecule has 17 heavy (non-hydrogen) atoms. The van der Waals surface area contributed by atoms with Gasteiger partial charge in [-0.3, -0.25) is 4.79 Å². The van der Waals surface area contributed by atoms with Crippen LogP contribution in [0.4, 0.5) is 0 Å². The fourth-order valence-corrected chi connectivity index (χ4v) is 1.90. The van der Waals surface area contributed by atoms with Crippen LogP contribution < -0.4 is 10.6 Å². The van der Waals surface area contributed by atoms with Crippen LogP contribution in [0.3, 0.4) is 0 Å². The lowest BCUT2D eigenvalue weighted by Gasteiger charge is -2.24. The third-order valence-corrected chi connectivity index (χ3v) is 2.85. The number of carboxylic acid groups (broad SMARTS) is 1. The molecule has 1 aliphatic rings. The van der Waals surface area contributed by atoms with Crippen LogP contribution in [0.15, 0.2) is 0 Å². The van der Waals surface area contributed by atoms with Crippen LogP contribution in [0.1, 0.15) is 26.7 Å². The molecule has 1 rings (SSSR count). The molecule has 98 valence electrons. The second-order valence-electron chi connectivity index (χ2n) is 4.40. The molecule has 0 aromatic carbocycles. The number of carbonyl (C=O) groups excluding carboxylic acids is 1. The molecule has 2 atom stereocenters. The lowest BCUT2D eigenvalue weighted by atomic mass is 9.98. The highest BCUT2D eigenvalue weighted by Gasteiger charge is 2.43. The van der Waals surface area contributed by atoms with Crippen molar-refractivity contribution in [3.63, 3.8) is 0 Å². The molecule has 6 heteroatoms. The van der Waals surface area contributed by atoms with Crippen molar-refractivity contribution in [3.05, 3.63) is 0 Å². The van der Waals surface area contributed by atoms with E-state index in [0.29, 0.717) is 13.0 Å². The minimum Gasteiger partial charge on any atom is -0.479 e. The molecule has 1 aliphatic heterocycles. The van der Waals surface area contributed by atoms with Crippen LogP contribution in [0.5, 0.6) is 0 Å². The van der Waals surface area contributed by atoms with Gasteiger partial charge >= 0.3 is 5.97 Å². The van der Waals surface area contributed by atoms with Crippen molar-refractivity contribution in [2.75, 3.05) is 19.8 Å². The maximum absolute atomic E-state index is 11.7. The predicted molar refractivity (Wildman–Crippen MR) is 61.7 cm³/mol. The molecule has 1 saturated heterocycles. The Morgan fingerprint density at radius 1 is 1.53 bits per heavy atom. The molecule has 1 amide bonds.